The van der Waals surface area contributed by atoms with Gasteiger partial charge in [0.25, 0.3) is 0 Å². The average Bonchev–Trinajstić information content (AvgIpc) is 2.90. The van der Waals surface area contributed by atoms with E-state index in [-0.39, 0.29) is 11.9 Å². The van der Waals surface area contributed by atoms with Crippen LogP contribution in [0, 0.1) is 3.95 Å². The van der Waals surface area contributed by atoms with Gasteiger partial charge in [0.05, 0.1) is 0 Å². The van der Waals surface area contributed by atoms with Gasteiger partial charge in [-0.2, -0.15) is 0 Å². The standard InChI is InChI=1S/C8H12N4OS2/c1-4(6(13)10-5-2-3-5)9-7-11-12-8(14)15-7/h4-5H,2-3H2,1H3,(H,9,11)(H,10,13)(H,12,14). The molecular formula is C8H12N4OS2. The average molecular weight is 244 g/mol. The van der Waals surface area contributed by atoms with Gasteiger partial charge in [0.15, 0.2) is 3.95 Å². The van der Waals surface area contributed by atoms with Gasteiger partial charge >= 0.3 is 0 Å². The second-order valence-corrected chi connectivity index (χ2v) is 5.23. The van der Waals surface area contributed by atoms with Gasteiger partial charge in [0.2, 0.25) is 11.0 Å². The maximum absolute atomic E-state index is 11.6. The molecule has 0 aliphatic heterocycles. The van der Waals surface area contributed by atoms with Gasteiger partial charge in [0, 0.05) is 6.04 Å². The topological polar surface area (TPSA) is 69.8 Å². The highest BCUT2D eigenvalue weighted by atomic mass is 32.1. The van der Waals surface area contributed by atoms with E-state index in [2.05, 4.69) is 20.8 Å². The SMILES string of the molecule is CC(Nc1n[nH]c(=S)s1)C(=O)NC1CC1. The highest BCUT2D eigenvalue weighted by Gasteiger charge is 2.25. The number of nitrogens with zero attached hydrogens (tertiary/aromatic N) is 1. The Morgan fingerprint density at radius 3 is 3.00 bits per heavy atom. The molecule has 1 aromatic heterocycles. The van der Waals surface area contributed by atoms with E-state index in [1.165, 1.54) is 11.3 Å². The number of amides is 1. The van der Waals surface area contributed by atoms with Gasteiger partial charge in [-0.25, -0.2) is 0 Å². The van der Waals surface area contributed by atoms with E-state index >= 15 is 0 Å². The van der Waals surface area contributed by atoms with Crippen LogP contribution in [-0.4, -0.2) is 28.2 Å². The van der Waals surface area contributed by atoms with Crippen LogP contribution >= 0.6 is 23.6 Å². The third kappa shape index (κ3) is 3.00. The molecule has 3 N–H and O–H groups in total. The number of carbonyl (C=O) groups excluding carboxylic acids is 1. The van der Waals surface area contributed by atoms with Crippen molar-refractivity contribution >= 4 is 34.6 Å². The zero-order valence-electron chi connectivity index (χ0n) is 8.24. The van der Waals surface area contributed by atoms with E-state index < -0.39 is 0 Å². The number of carbonyl (C=O) groups is 1. The summed E-state index contributed by atoms with van der Waals surface area (Å²) in [6.45, 7) is 1.81. The van der Waals surface area contributed by atoms with Gasteiger partial charge in [-0.15, -0.1) is 5.10 Å². The first-order valence-corrected chi connectivity index (χ1v) is 6.00. The smallest absolute Gasteiger partial charge is 0.242 e. The van der Waals surface area contributed by atoms with Gasteiger partial charge in [-0.05, 0) is 32.0 Å². The molecule has 1 atom stereocenters. The monoisotopic (exact) mass is 244 g/mol. The lowest BCUT2D eigenvalue weighted by atomic mass is 10.3. The number of hydrogen-bond acceptors (Lipinski definition) is 5. The van der Waals surface area contributed by atoms with E-state index in [0.29, 0.717) is 15.1 Å². The lowest BCUT2D eigenvalue weighted by Gasteiger charge is -2.11. The zero-order valence-corrected chi connectivity index (χ0v) is 9.87. The Morgan fingerprint density at radius 2 is 2.47 bits per heavy atom. The van der Waals surface area contributed by atoms with Crippen molar-refractivity contribution in [1.29, 1.82) is 0 Å². The molecule has 0 bridgehead atoms. The second-order valence-electron chi connectivity index (χ2n) is 3.57. The summed E-state index contributed by atoms with van der Waals surface area (Å²) in [7, 11) is 0. The first-order valence-electron chi connectivity index (χ1n) is 4.77. The fourth-order valence-corrected chi connectivity index (χ4v) is 1.97. The minimum Gasteiger partial charge on any atom is -0.352 e. The Morgan fingerprint density at radius 1 is 1.73 bits per heavy atom. The fraction of sp³-hybridized carbons (Fsp3) is 0.625. The Labute approximate surface area is 96.3 Å². The summed E-state index contributed by atoms with van der Waals surface area (Å²) < 4.78 is 0.604. The lowest BCUT2D eigenvalue weighted by Crippen LogP contribution is -2.38. The van der Waals surface area contributed by atoms with Crippen molar-refractivity contribution in [1.82, 2.24) is 15.5 Å². The summed E-state index contributed by atoms with van der Waals surface area (Å²) in [5, 5.41) is 13.2. The van der Waals surface area contributed by atoms with Crippen molar-refractivity contribution in [3.63, 3.8) is 0 Å². The molecule has 1 saturated carbocycles. The van der Waals surface area contributed by atoms with Crippen LogP contribution in [0.3, 0.4) is 0 Å². The van der Waals surface area contributed by atoms with Crippen molar-refractivity contribution in [2.45, 2.75) is 31.8 Å². The van der Waals surface area contributed by atoms with E-state index in [0.717, 1.165) is 12.8 Å². The number of nitrogens with one attached hydrogen (secondary N) is 3. The van der Waals surface area contributed by atoms with Crippen LogP contribution in [0.1, 0.15) is 19.8 Å². The molecule has 1 fully saturated rings. The highest BCUT2D eigenvalue weighted by Crippen LogP contribution is 2.19. The molecule has 82 valence electrons. The summed E-state index contributed by atoms with van der Waals surface area (Å²) in [5.74, 6) is 0.0126. The first kappa shape index (κ1) is 10.6. The maximum atomic E-state index is 11.6. The van der Waals surface area contributed by atoms with E-state index in [4.69, 9.17) is 12.2 Å². The molecule has 2 rings (SSSR count). The summed E-state index contributed by atoms with van der Waals surface area (Å²) in [6.07, 6.45) is 2.19. The predicted molar refractivity (Wildman–Crippen MR) is 61.5 cm³/mol. The molecule has 0 spiro atoms. The molecule has 1 aliphatic rings. The normalized spacial score (nSPS) is 17.1. The Hall–Kier alpha value is -0.950. The van der Waals surface area contributed by atoms with Gasteiger partial charge in [-0.3, -0.25) is 9.89 Å². The second kappa shape index (κ2) is 4.28. The fourth-order valence-electron chi connectivity index (χ4n) is 1.10. The molecule has 0 aromatic carbocycles. The molecule has 5 nitrogen and oxygen atoms in total. The van der Waals surface area contributed by atoms with Gasteiger partial charge in [0.1, 0.15) is 6.04 Å². The molecular weight excluding hydrogens is 232 g/mol. The van der Waals surface area contributed by atoms with Crippen LogP contribution in [-0.2, 0) is 4.79 Å². The van der Waals surface area contributed by atoms with E-state index in [1.807, 2.05) is 6.92 Å². The van der Waals surface area contributed by atoms with Crippen molar-refractivity contribution in [3.8, 4) is 0 Å². The van der Waals surface area contributed by atoms with Crippen LogP contribution in [0.2, 0.25) is 0 Å². The van der Waals surface area contributed by atoms with Crippen molar-refractivity contribution in [2.24, 2.45) is 0 Å². The summed E-state index contributed by atoms with van der Waals surface area (Å²) in [6, 6.07) is 0.110. The predicted octanol–water partition coefficient (Wildman–Crippen LogP) is 1.28. The molecule has 0 saturated heterocycles. The molecule has 0 radical (unpaired) electrons. The van der Waals surface area contributed by atoms with Crippen molar-refractivity contribution in [3.05, 3.63) is 3.95 Å². The van der Waals surface area contributed by atoms with Crippen molar-refractivity contribution in [2.75, 3.05) is 5.32 Å². The Kier molecular flexibility index (Phi) is 3.01. The lowest BCUT2D eigenvalue weighted by molar-refractivity contribution is -0.121. The number of hydrogen-bond donors (Lipinski definition) is 3. The van der Waals surface area contributed by atoms with E-state index in [1.54, 1.807) is 0 Å². The Bertz CT molecular complexity index is 409. The highest BCUT2D eigenvalue weighted by molar-refractivity contribution is 7.73. The molecule has 7 heteroatoms. The third-order valence-corrected chi connectivity index (χ3v) is 3.12. The maximum Gasteiger partial charge on any atom is 0.242 e. The van der Waals surface area contributed by atoms with E-state index in [9.17, 15) is 4.79 Å². The quantitative estimate of drug-likeness (QED) is 0.698. The number of anilines is 1. The largest absolute Gasteiger partial charge is 0.352 e. The van der Waals surface area contributed by atoms with Crippen molar-refractivity contribution < 1.29 is 4.79 Å². The molecule has 1 aromatic rings. The molecule has 1 unspecified atom stereocenters. The van der Waals surface area contributed by atoms with Crippen LogP contribution in [0.15, 0.2) is 0 Å². The molecule has 1 aliphatic carbocycles. The van der Waals surface area contributed by atoms with Crippen LogP contribution in [0.25, 0.3) is 0 Å². The van der Waals surface area contributed by atoms with Gasteiger partial charge < -0.3 is 10.6 Å². The van der Waals surface area contributed by atoms with Crippen LogP contribution in [0.5, 0.6) is 0 Å². The third-order valence-electron chi connectivity index (χ3n) is 2.10. The van der Waals surface area contributed by atoms with Crippen LogP contribution in [0.4, 0.5) is 5.13 Å². The summed E-state index contributed by atoms with van der Waals surface area (Å²) in [5.41, 5.74) is 0. The first-order chi connectivity index (χ1) is 7.15. The number of aromatic nitrogens is 2. The summed E-state index contributed by atoms with van der Waals surface area (Å²) in [4.78, 5) is 11.6. The molecule has 15 heavy (non-hydrogen) atoms. The minimum atomic E-state index is -0.278. The molecule has 1 amide bonds. The Balaban J connectivity index is 1.87. The number of H-pyrrole nitrogens is 1. The minimum absolute atomic E-state index is 0.0126. The van der Waals surface area contributed by atoms with Crippen LogP contribution < -0.4 is 10.6 Å². The zero-order chi connectivity index (χ0) is 10.8. The summed E-state index contributed by atoms with van der Waals surface area (Å²) >= 11 is 6.22. The molecule has 1 heterocycles. The van der Waals surface area contributed by atoms with Gasteiger partial charge in [-0.1, -0.05) is 11.3 Å². The number of rotatable bonds is 4. The number of aromatic amines is 1.